The lowest BCUT2D eigenvalue weighted by molar-refractivity contribution is 0.0321. The fourth-order valence-corrected chi connectivity index (χ4v) is 4.13. The van der Waals surface area contributed by atoms with E-state index in [0.717, 1.165) is 40.4 Å². The Kier molecular flexibility index (Phi) is 6.61. The van der Waals surface area contributed by atoms with E-state index in [9.17, 15) is 4.79 Å². The molecule has 0 aliphatic carbocycles. The first-order valence-corrected chi connectivity index (χ1v) is 11.2. The average Bonchev–Trinajstić information content (AvgIpc) is 2.94. The van der Waals surface area contributed by atoms with Crippen LogP contribution in [0, 0.1) is 6.92 Å². The number of amides is 1. The zero-order valence-corrected chi connectivity index (χ0v) is 19.3. The number of rotatable bonds is 4. The summed E-state index contributed by atoms with van der Waals surface area (Å²) in [7, 11) is 0. The van der Waals surface area contributed by atoms with Crippen LogP contribution in [0.15, 0.2) is 63.7 Å². The number of piperidine rings is 1. The lowest BCUT2D eigenvalue weighted by Gasteiger charge is -2.33. The van der Waals surface area contributed by atoms with Crippen molar-refractivity contribution >= 4 is 28.1 Å². The molecule has 2 aliphatic heterocycles. The molecule has 4 rings (SSSR count). The van der Waals surface area contributed by atoms with Crippen LogP contribution in [0.3, 0.4) is 0 Å². The standard InChI is InChI=1S/C24H25BrN4O2/c1-16-6-3-8-19(22(16)23-27-10-5-11-28-23)24(30)29-13-4-7-18(15-29)31-21-14-17(2)20(25)9-12-26-21/h3,5-6,8,10-12,14,18H,4,7,9,13,15H2,1-2H3/t18-/m1/s1. The lowest BCUT2D eigenvalue weighted by Crippen LogP contribution is -2.43. The Hall–Kier alpha value is -2.80. The van der Waals surface area contributed by atoms with Crippen molar-refractivity contribution < 1.29 is 9.53 Å². The third kappa shape index (κ3) is 4.93. The van der Waals surface area contributed by atoms with E-state index in [1.54, 1.807) is 18.5 Å². The number of carbonyl (C=O) groups excluding carboxylic acids is 1. The second kappa shape index (κ2) is 9.56. The van der Waals surface area contributed by atoms with E-state index in [0.29, 0.717) is 30.4 Å². The van der Waals surface area contributed by atoms with Crippen molar-refractivity contribution in [3.8, 4) is 11.4 Å². The average molecular weight is 481 g/mol. The SMILES string of the molecule is CC1=C(Br)CC=NC(O[C@@H]2CCCN(C(=O)c3cccc(C)c3-c3ncccn3)C2)=C1. The minimum Gasteiger partial charge on any atom is -0.472 e. The number of likely N-dealkylation sites (tertiary alicyclic amines) is 1. The third-order valence-electron chi connectivity index (χ3n) is 5.50. The molecule has 0 unspecified atom stereocenters. The first-order chi connectivity index (χ1) is 15.0. The fraction of sp³-hybridized carbons (Fsp3) is 0.333. The Morgan fingerprint density at radius 3 is 2.81 bits per heavy atom. The molecule has 0 N–H and O–H groups in total. The zero-order valence-electron chi connectivity index (χ0n) is 17.7. The molecular formula is C24H25BrN4O2. The number of carbonyl (C=O) groups is 1. The molecule has 2 aliphatic rings. The Balaban J connectivity index is 1.54. The second-order valence-electron chi connectivity index (χ2n) is 7.79. The van der Waals surface area contributed by atoms with Crippen LogP contribution in [-0.2, 0) is 4.74 Å². The molecule has 1 atom stereocenters. The summed E-state index contributed by atoms with van der Waals surface area (Å²) >= 11 is 3.57. The molecule has 2 aromatic rings. The maximum Gasteiger partial charge on any atom is 0.254 e. The molecule has 31 heavy (non-hydrogen) atoms. The van der Waals surface area contributed by atoms with Gasteiger partial charge < -0.3 is 9.64 Å². The maximum absolute atomic E-state index is 13.5. The number of nitrogens with zero attached hydrogens (tertiary/aromatic N) is 4. The molecule has 0 saturated carbocycles. The highest BCUT2D eigenvalue weighted by Gasteiger charge is 2.28. The van der Waals surface area contributed by atoms with E-state index in [-0.39, 0.29) is 12.0 Å². The number of hydrogen-bond acceptors (Lipinski definition) is 5. The van der Waals surface area contributed by atoms with Crippen molar-refractivity contribution in [1.29, 1.82) is 0 Å². The lowest BCUT2D eigenvalue weighted by atomic mass is 9.98. The first kappa shape index (κ1) is 21.4. The van der Waals surface area contributed by atoms with E-state index >= 15 is 0 Å². The van der Waals surface area contributed by atoms with Crippen molar-refractivity contribution in [2.24, 2.45) is 4.99 Å². The van der Waals surface area contributed by atoms with Crippen molar-refractivity contribution in [3.63, 3.8) is 0 Å². The molecule has 3 heterocycles. The minimum atomic E-state index is -0.0907. The van der Waals surface area contributed by atoms with Gasteiger partial charge in [0.25, 0.3) is 5.91 Å². The van der Waals surface area contributed by atoms with Gasteiger partial charge in [-0.3, -0.25) is 4.79 Å². The predicted octanol–water partition coefficient (Wildman–Crippen LogP) is 5.06. The Bertz CT molecular complexity index is 1060. The van der Waals surface area contributed by atoms with E-state index in [1.165, 1.54) is 0 Å². The summed E-state index contributed by atoms with van der Waals surface area (Å²) in [5.74, 6) is 1.15. The molecule has 1 aromatic carbocycles. The molecule has 7 heteroatoms. The quantitative estimate of drug-likeness (QED) is 0.613. The molecule has 0 bridgehead atoms. The van der Waals surface area contributed by atoms with Crippen LogP contribution in [0.2, 0.25) is 0 Å². The van der Waals surface area contributed by atoms with Crippen LogP contribution in [0.1, 0.15) is 42.1 Å². The van der Waals surface area contributed by atoms with Crippen LogP contribution in [0.4, 0.5) is 0 Å². The number of aliphatic imine (C=N–C) groups is 1. The summed E-state index contributed by atoms with van der Waals surface area (Å²) in [6.45, 7) is 5.24. The van der Waals surface area contributed by atoms with Crippen LogP contribution in [-0.4, -0.2) is 46.2 Å². The molecule has 0 radical (unpaired) electrons. The van der Waals surface area contributed by atoms with Gasteiger partial charge in [0, 0.05) is 47.7 Å². The first-order valence-electron chi connectivity index (χ1n) is 10.5. The van der Waals surface area contributed by atoms with Crippen LogP contribution < -0.4 is 0 Å². The van der Waals surface area contributed by atoms with Crippen LogP contribution in [0.25, 0.3) is 11.4 Å². The number of aromatic nitrogens is 2. The second-order valence-corrected chi connectivity index (χ2v) is 8.75. The molecule has 0 spiro atoms. The summed E-state index contributed by atoms with van der Waals surface area (Å²) in [5.41, 5.74) is 3.50. The summed E-state index contributed by atoms with van der Waals surface area (Å²) in [6.07, 6.45) is 9.62. The summed E-state index contributed by atoms with van der Waals surface area (Å²) in [5, 5.41) is 0. The molecule has 1 amide bonds. The third-order valence-corrected chi connectivity index (χ3v) is 6.45. The smallest absolute Gasteiger partial charge is 0.254 e. The Labute approximate surface area is 190 Å². The molecule has 6 nitrogen and oxygen atoms in total. The Morgan fingerprint density at radius 2 is 2.00 bits per heavy atom. The van der Waals surface area contributed by atoms with E-state index in [2.05, 4.69) is 30.9 Å². The monoisotopic (exact) mass is 480 g/mol. The van der Waals surface area contributed by atoms with E-state index in [4.69, 9.17) is 4.74 Å². The van der Waals surface area contributed by atoms with Crippen molar-refractivity contribution in [2.45, 2.75) is 39.2 Å². The summed E-state index contributed by atoms with van der Waals surface area (Å²) in [4.78, 5) is 28.5. The van der Waals surface area contributed by atoms with Gasteiger partial charge in [-0.25, -0.2) is 15.0 Å². The number of benzene rings is 1. The maximum atomic E-state index is 13.5. The summed E-state index contributed by atoms with van der Waals surface area (Å²) in [6, 6.07) is 7.52. The van der Waals surface area contributed by atoms with Crippen molar-refractivity contribution in [3.05, 3.63) is 69.8 Å². The molecule has 160 valence electrons. The van der Waals surface area contributed by atoms with E-state index in [1.807, 2.05) is 49.2 Å². The van der Waals surface area contributed by atoms with Gasteiger partial charge in [0.1, 0.15) is 6.10 Å². The zero-order chi connectivity index (χ0) is 21.8. The number of ether oxygens (including phenoxy) is 1. The predicted molar refractivity (Wildman–Crippen MR) is 125 cm³/mol. The van der Waals surface area contributed by atoms with Gasteiger partial charge in [0.05, 0.1) is 12.1 Å². The van der Waals surface area contributed by atoms with Gasteiger partial charge in [-0.1, -0.05) is 28.1 Å². The Morgan fingerprint density at radius 1 is 1.19 bits per heavy atom. The molecule has 1 aromatic heterocycles. The van der Waals surface area contributed by atoms with Crippen LogP contribution in [0.5, 0.6) is 0 Å². The number of hydrogen-bond donors (Lipinski definition) is 0. The largest absolute Gasteiger partial charge is 0.472 e. The minimum absolute atomic E-state index is 0.0170. The molecular weight excluding hydrogens is 456 g/mol. The van der Waals surface area contributed by atoms with Crippen LogP contribution >= 0.6 is 15.9 Å². The van der Waals surface area contributed by atoms with Gasteiger partial charge in [0.2, 0.25) is 5.88 Å². The highest BCUT2D eigenvalue weighted by molar-refractivity contribution is 9.11. The van der Waals surface area contributed by atoms with Gasteiger partial charge in [0.15, 0.2) is 5.82 Å². The molecule has 1 saturated heterocycles. The van der Waals surface area contributed by atoms with Crippen molar-refractivity contribution in [1.82, 2.24) is 14.9 Å². The fourth-order valence-electron chi connectivity index (χ4n) is 3.87. The number of halogens is 1. The van der Waals surface area contributed by atoms with Gasteiger partial charge in [-0.05, 0) is 50.0 Å². The van der Waals surface area contributed by atoms with Crippen molar-refractivity contribution in [2.75, 3.05) is 13.1 Å². The topological polar surface area (TPSA) is 67.7 Å². The molecule has 1 fully saturated rings. The van der Waals surface area contributed by atoms with E-state index < -0.39 is 0 Å². The normalized spacial score (nSPS) is 19.1. The summed E-state index contributed by atoms with van der Waals surface area (Å²) < 4.78 is 7.28. The number of allylic oxidation sites excluding steroid dienone is 3. The number of aryl methyl sites for hydroxylation is 1. The van der Waals surface area contributed by atoms with Gasteiger partial charge >= 0.3 is 0 Å². The highest BCUT2D eigenvalue weighted by Crippen LogP contribution is 2.28. The van der Waals surface area contributed by atoms with Gasteiger partial charge in [-0.2, -0.15) is 0 Å². The highest BCUT2D eigenvalue weighted by atomic mass is 79.9. The van der Waals surface area contributed by atoms with Gasteiger partial charge in [-0.15, -0.1) is 0 Å².